The maximum absolute atomic E-state index is 13.1. The molecule has 1 aliphatic heterocycles. The lowest BCUT2D eigenvalue weighted by Crippen LogP contribution is -2.59. The highest BCUT2D eigenvalue weighted by Gasteiger charge is 2.49. The number of rotatable bonds is 4. The van der Waals surface area contributed by atoms with Crippen LogP contribution in [0.2, 0.25) is 0 Å². The Morgan fingerprint density at radius 3 is 2.47 bits per heavy atom. The van der Waals surface area contributed by atoms with Crippen LogP contribution in [0.15, 0.2) is 42.5 Å². The predicted molar refractivity (Wildman–Crippen MR) is 118 cm³/mol. The van der Waals surface area contributed by atoms with Gasteiger partial charge in [0, 0.05) is 25.7 Å². The van der Waals surface area contributed by atoms with E-state index in [0.717, 1.165) is 24.9 Å². The molecule has 2 aromatic rings. The van der Waals surface area contributed by atoms with E-state index in [2.05, 4.69) is 52.7 Å². The van der Waals surface area contributed by atoms with Crippen molar-refractivity contribution >= 4 is 16.7 Å². The lowest BCUT2D eigenvalue weighted by atomic mass is 9.54. The zero-order chi connectivity index (χ0) is 20.1. The topological polar surface area (TPSA) is 41.6 Å². The number of hydrogen-bond donors (Lipinski definition) is 1. The van der Waals surface area contributed by atoms with Crippen molar-refractivity contribution in [1.82, 2.24) is 10.2 Å². The molecule has 7 rings (SSSR count). The predicted octanol–water partition coefficient (Wildman–Crippen LogP) is 3.98. The van der Waals surface area contributed by atoms with Crippen LogP contribution < -0.4 is 5.32 Å². The first kappa shape index (κ1) is 18.8. The Kier molecular flexibility index (Phi) is 4.80. The van der Waals surface area contributed by atoms with Crippen LogP contribution in [0.1, 0.15) is 37.7 Å². The van der Waals surface area contributed by atoms with Gasteiger partial charge in [-0.1, -0.05) is 36.4 Å². The van der Waals surface area contributed by atoms with Crippen molar-refractivity contribution in [3.8, 4) is 0 Å². The number of hydrogen-bond acceptors (Lipinski definition) is 3. The lowest BCUT2D eigenvalue weighted by Gasteiger charge is -2.54. The van der Waals surface area contributed by atoms with E-state index in [1.807, 2.05) is 0 Å². The molecule has 4 aliphatic carbocycles. The molecule has 158 valence electrons. The summed E-state index contributed by atoms with van der Waals surface area (Å²) in [7, 11) is 0. The Balaban J connectivity index is 1.09. The average molecular weight is 405 g/mol. The number of nitrogens with zero attached hydrogens (tertiary/aromatic N) is 1. The Hall–Kier alpha value is -1.91. The molecule has 4 nitrogen and oxygen atoms in total. The van der Waals surface area contributed by atoms with Gasteiger partial charge >= 0.3 is 0 Å². The second-order valence-corrected chi connectivity index (χ2v) is 10.2. The van der Waals surface area contributed by atoms with E-state index in [0.29, 0.717) is 31.0 Å². The summed E-state index contributed by atoms with van der Waals surface area (Å²) in [5, 5.41) is 6.00. The summed E-state index contributed by atoms with van der Waals surface area (Å²) in [6.45, 7) is 3.07. The van der Waals surface area contributed by atoms with E-state index in [-0.39, 0.29) is 12.0 Å². The van der Waals surface area contributed by atoms with E-state index < -0.39 is 0 Å². The molecule has 5 aliphatic rings. The molecular weight excluding hydrogens is 372 g/mol. The third-order valence-corrected chi connectivity index (χ3v) is 8.20. The fourth-order valence-electron chi connectivity index (χ4n) is 7.02. The average Bonchev–Trinajstić information content (AvgIpc) is 2.76. The van der Waals surface area contributed by atoms with Crippen LogP contribution in [-0.2, 0) is 16.1 Å². The summed E-state index contributed by atoms with van der Waals surface area (Å²) >= 11 is 0. The number of amides is 1. The standard InChI is InChI=1S/C26H32N2O2/c29-26(27-25-22-11-18-9-19(13-22)14-23(25)12-18)24-16-28(7-8-30-24)15-17-5-6-20-3-1-2-4-21(20)10-17/h1-6,10,18-19,22-25H,7-9,11-16H2,(H,27,29). The molecule has 4 saturated carbocycles. The van der Waals surface area contributed by atoms with Crippen LogP contribution >= 0.6 is 0 Å². The molecule has 1 heterocycles. The number of carbonyl (C=O) groups excluding carboxylic acids is 1. The number of benzene rings is 2. The first-order valence-electron chi connectivity index (χ1n) is 11.8. The molecule has 1 amide bonds. The second-order valence-electron chi connectivity index (χ2n) is 10.2. The number of carbonyl (C=O) groups is 1. The van der Waals surface area contributed by atoms with E-state index in [1.165, 1.54) is 48.4 Å². The monoisotopic (exact) mass is 404 g/mol. The normalized spacial score (nSPS) is 35.6. The number of ether oxygens (including phenoxy) is 1. The first-order chi connectivity index (χ1) is 14.7. The van der Waals surface area contributed by atoms with Crippen molar-refractivity contribution in [3.05, 3.63) is 48.0 Å². The van der Waals surface area contributed by atoms with Gasteiger partial charge in [0.05, 0.1) is 6.61 Å². The molecular formula is C26H32N2O2. The summed E-state index contributed by atoms with van der Waals surface area (Å²) in [6.07, 6.45) is 6.43. The van der Waals surface area contributed by atoms with Crippen LogP contribution in [-0.4, -0.2) is 42.6 Å². The molecule has 1 N–H and O–H groups in total. The fraction of sp³-hybridized carbons (Fsp3) is 0.577. The molecule has 2 aromatic carbocycles. The third kappa shape index (κ3) is 3.54. The molecule has 0 spiro atoms. The molecule has 0 radical (unpaired) electrons. The van der Waals surface area contributed by atoms with Gasteiger partial charge in [-0.05, 0) is 78.2 Å². The van der Waals surface area contributed by atoms with E-state index in [1.54, 1.807) is 0 Å². The Morgan fingerprint density at radius 2 is 1.70 bits per heavy atom. The number of nitrogens with one attached hydrogen (secondary N) is 1. The van der Waals surface area contributed by atoms with Crippen molar-refractivity contribution in [2.75, 3.05) is 19.7 Å². The van der Waals surface area contributed by atoms with Gasteiger partial charge in [0.1, 0.15) is 6.10 Å². The van der Waals surface area contributed by atoms with Gasteiger partial charge in [-0.25, -0.2) is 0 Å². The quantitative estimate of drug-likeness (QED) is 0.838. The van der Waals surface area contributed by atoms with Crippen LogP contribution in [0.25, 0.3) is 10.8 Å². The van der Waals surface area contributed by atoms with Crippen LogP contribution in [0.3, 0.4) is 0 Å². The van der Waals surface area contributed by atoms with Crippen molar-refractivity contribution in [2.24, 2.45) is 23.7 Å². The number of fused-ring (bicyclic) bond motifs is 1. The lowest BCUT2D eigenvalue weighted by molar-refractivity contribution is -0.142. The second kappa shape index (κ2) is 7.65. The summed E-state index contributed by atoms with van der Waals surface area (Å²) < 4.78 is 5.92. The highest BCUT2D eigenvalue weighted by molar-refractivity contribution is 5.83. The minimum Gasteiger partial charge on any atom is -0.366 e. The van der Waals surface area contributed by atoms with Crippen molar-refractivity contribution < 1.29 is 9.53 Å². The number of morpholine rings is 1. The summed E-state index contributed by atoms with van der Waals surface area (Å²) in [6, 6.07) is 15.6. The summed E-state index contributed by atoms with van der Waals surface area (Å²) in [5.74, 6) is 3.41. The smallest absolute Gasteiger partial charge is 0.250 e. The maximum Gasteiger partial charge on any atom is 0.250 e. The van der Waals surface area contributed by atoms with E-state index in [9.17, 15) is 4.79 Å². The van der Waals surface area contributed by atoms with Crippen LogP contribution in [0.4, 0.5) is 0 Å². The van der Waals surface area contributed by atoms with E-state index >= 15 is 0 Å². The van der Waals surface area contributed by atoms with E-state index in [4.69, 9.17) is 4.74 Å². The van der Waals surface area contributed by atoms with Gasteiger partial charge in [-0.2, -0.15) is 0 Å². The van der Waals surface area contributed by atoms with Crippen LogP contribution in [0, 0.1) is 23.7 Å². The molecule has 1 unspecified atom stereocenters. The summed E-state index contributed by atoms with van der Waals surface area (Å²) in [5.41, 5.74) is 1.30. The third-order valence-electron chi connectivity index (χ3n) is 8.20. The first-order valence-corrected chi connectivity index (χ1v) is 11.8. The zero-order valence-corrected chi connectivity index (χ0v) is 17.6. The van der Waals surface area contributed by atoms with Gasteiger partial charge in [0.2, 0.25) is 0 Å². The van der Waals surface area contributed by atoms with Gasteiger partial charge in [-0.15, -0.1) is 0 Å². The highest BCUT2D eigenvalue weighted by Crippen LogP contribution is 2.53. The van der Waals surface area contributed by atoms with Crippen molar-refractivity contribution in [2.45, 2.75) is 50.8 Å². The van der Waals surface area contributed by atoms with Crippen molar-refractivity contribution in [3.63, 3.8) is 0 Å². The van der Waals surface area contributed by atoms with Gasteiger partial charge in [-0.3, -0.25) is 9.69 Å². The minimum atomic E-state index is -0.337. The zero-order valence-electron chi connectivity index (χ0n) is 17.6. The SMILES string of the molecule is O=C(NC1C2CC3CC(C2)CC1C3)C1CN(Cc2ccc3ccccc3c2)CCO1. The molecule has 4 bridgehead atoms. The maximum atomic E-state index is 13.1. The Labute approximate surface area is 179 Å². The highest BCUT2D eigenvalue weighted by atomic mass is 16.5. The molecule has 1 atom stereocenters. The van der Waals surface area contributed by atoms with Gasteiger partial charge in [0.25, 0.3) is 5.91 Å². The van der Waals surface area contributed by atoms with Gasteiger partial charge < -0.3 is 10.1 Å². The largest absolute Gasteiger partial charge is 0.366 e. The summed E-state index contributed by atoms with van der Waals surface area (Å²) in [4.78, 5) is 15.5. The minimum absolute atomic E-state index is 0.121. The molecule has 1 saturated heterocycles. The molecule has 30 heavy (non-hydrogen) atoms. The van der Waals surface area contributed by atoms with Crippen LogP contribution in [0.5, 0.6) is 0 Å². The van der Waals surface area contributed by atoms with Gasteiger partial charge in [0.15, 0.2) is 0 Å². The molecule has 4 heteroatoms. The van der Waals surface area contributed by atoms with Crippen molar-refractivity contribution in [1.29, 1.82) is 0 Å². The Bertz CT molecular complexity index is 914. The Morgan fingerprint density at radius 1 is 0.967 bits per heavy atom. The fourth-order valence-corrected chi connectivity index (χ4v) is 7.02. The molecule has 0 aromatic heterocycles. The molecule has 5 fully saturated rings.